The summed E-state index contributed by atoms with van der Waals surface area (Å²) in [5.74, 6) is 0.617. The molecule has 1 aromatic carbocycles. The van der Waals surface area contributed by atoms with E-state index in [1.165, 1.54) is 11.0 Å². The van der Waals surface area contributed by atoms with Gasteiger partial charge in [-0.05, 0) is 18.2 Å². The van der Waals surface area contributed by atoms with Gasteiger partial charge in [-0.25, -0.2) is 14.6 Å². The minimum Gasteiger partial charge on any atom is -0.444 e. The summed E-state index contributed by atoms with van der Waals surface area (Å²) in [6.45, 7) is 0.388. The molecule has 3 aromatic rings. The molecule has 6 nitrogen and oxygen atoms in total. The molecule has 0 saturated carbocycles. The van der Waals surface area contributed by atoms with Crippen molar-refractivity contribution >= 4 is 11.6 Å². The molecule has 0 aliphatic heterocycles. The highest BCUT2D eigenvalue weighted by molar-refractivity contribution is 6.30. The molecule has 0 radical (unpaired) electrons. The summed E-state index contributed by atoms with van der Waals surface area (Å²) in [6.07, 6.45) is 3.02. The van der Waals surface area contributed by atoms with E-state index in [0.717, 1.165) is 5.56 Å². The summed E-state index contributed by atoms with van der Waals surface area (Å²) in [7, 11) is 0. The maximum atomic E-state index is 8.66. The first kappa shape index (κ1) is 12.4. The van der Waals surface area contributed by atoms with Crippen molar-refractivity contribution in [1.29, 1.82) is 5.26 Å². The zero-order chi connectivity index (χ0) is 13.9. The van der Waals surface area contributed by atoms with Crippen molar-refractivity contribution < 1.29 is 4.42 Å². The molecule has 0 amide bonds. The molecule has 0 unspecified atom stereocenters. The van der Waals surface area contributed by atoms with Crippen LogP contribution in [-0.4, -0.2) is 19.7 Å². The van der Waals surface area contributed by atoms with Gasteiger partial charge in [-0.15, -0.1) is 5.10 Å². The largest absolute Gasteiger partial charge is 0.444 e. The Hall–Kier alpha value is -2.65. The number of nitriles is 1. The molecule has 2 heterocycles. The highest BCUT2D eigenvalue weighted by atomic mass is 35.5. The summed E-state index contributed by atoms with van der Waals surface area (Å²) in [4.78, 5) is 8.18. The molecule has 0 spiro atoms. The van der Waals surface area contributed by atoms with Gasteiger partial charge in [0.2, 0.25) is 5.89 Å². The standard InChI is InChI=1S/C13H8ClN5O/c14-10-3-1-2-9(4-10)13-17-11(7-20-13)6-19-8-16-12(5-15)18-19/h1-4,7-8H,6H2. The van der Waals surface area contributed by atoms with Crippen molar-refractivity contribution in [3.63, 3.8) is 0 Å². The first-order chi connectivity index (χ1) is 9.74. The van der Waals surface area contributed by atoms with E-state index in [1.807, 2.05) is 18.2 Å². The first-order valence-corrected chi connectivity index (χ1v) is 6.12. The maximum absolute atomic E-state index is 8.66. The molecule has 7 heteroatoms. The van der Waals surface area contributed by atoms with E-state index >= 15 is 0 Å². The SMILES string of the molecule is N#Cc1ncn(Cc2coc(-c3cccc(Cl)c3)n2)n1. The van der Waals surface area contributed by atoms with E-state index in [4.69, 9.17) is 21.3 Å². The molecule has 0 saturated heterocycles. The van der Waals surface area contributed by atoms with Crippen molar-refractivity contribution in [1.82, 2.24) is 19.7 Å². The van der Waals surface area contributed by atoms with Gasteiger partial charge in [-0.1, -0.05) is 17.7 Å². The lowest BCUT2D eigenvalue weighted by atomic mass is 10.2. The summed E-state index contributed by atoms with van der Waals surface area (Å²) >= 11 is 5.93. The van der Waals surface area contributed by atoms with E-state index in [-0.39, 0.29) is 5.82 Å². The summed E-state index contributed by atoms with van der Waals surface area (Å²) in [6, 6.07) is 9.13. The van der Waals surface area contributed by atoms with E-state index in [0.29, 0.717) is 23.2 Å². The number of hydrogen-bond acceptors (Lipinski definition) is 5. The Bertz CT molecular complexity index is 786. The predicted octanol–water partition coefficient (Wildman–Crippen LogP) is 2.51. The number of oxazole rings is 1. The molecule has 0 bridgehead atoms. The monoisotopic (exact) mass is 285 g/mol. The van der Waals surface area contributed by atoms with Crippen LogP contribution in [-0.2, 0) is 6.54 Å². The van der Waals surface area contributed by atoms with E-state index in [9.17, 15) is 0 Å². The number of hydrogen-bond donors (Lipinski definition) is 0. The van der Waals surface area contributed by atoms with Crippen LogP contribution in [0.3, 0.4) is 0 Å². The Kier molecular flexibility index (Phi) is 3.19. The van der Waals surface area contributed by atoms with Crippen molar-refractivity contribution in [3.8, 4) is 17.5 Å². The average Bonchev–Trinajstić information content (AvgIpc) is 3.08. The maximum Gasteiger partial charge on any atom is 0.252 e. The van der Waals surface area contributed by atoms with E-state index in [1.54, 1.807) is 18.4 Å². The third-order valence-electron chi connectivity index (χ3n) is 2.58. The fourth-order valence-corrected chi connectivity index (χ4v) is 1.91. The molecule has 2 aromatic heterocycles. The molecule has 98 valence electrons. The van der Waals surface area contributed by atoms with Gasteiger partial charge >= 0.3 is 0 Å². The highest BCUT2D eigenvalue weighted by Gasteiger charge is 2.08. The van der Waals surface area contributed by atoms with Crippen LogP contribution in [0.5, 0.6) is 0 Å². The minimum absolute atomic E-state index is 0.128. The van der Waals surface area contributed by atoms with Crippen LogP contribution in [0.4, 0.5) is 0 Å². The molecule has 0 fully saturated rings. The van der Waals surface area contributed by atoms with Crippen LogP contribution in [0.15, 0.2) is 41.3 Å². The second kappa shape index (κ2) is 5.15. The number of nitrogens with zero attached hydrogens (tertiary/aromatic N) is 5. The Balaban J connectivity index is 1.82. The lowest BCUT2D eigenvalue weighted by Crippen LogP contribution is -2.00. The number of rotatable bonds is 3. The smallest absolute Gasteiger partial charge is 0.252 e. The Morgan fingerprint density at radius 2 is 2.30 bits per heavy atom. The number of halogens is 1. The Morgan fingerprint density at radius 1 is 1.40 bits per heavy atom. The zero-order valence-electron chi connectivity index (χ0n) is 10.2. The van der Waals surface area contributed by atoms with Crippen LogP contribution in [0.25, 0.3) is 11.5 Å². The third kappa shape index (κ3) is 2.53. The second-order valence-corrected chi connectivity index (χ2v) is 4.47. The van der Waals surface area contributed by atoms with Crippen LogP contribution < -0.4 is 0 Å². The van der Waals surface area contributed by atoms with Crippen molar-refractivity contribution in [2.45, 2.75) is 6.54 Å². The lowest BCUT2D eigenvalue weighted by molar-refractivity contribution is 0.569. The quantitative estimate of drug-likeness (QED) is 0.738. The van der Waals surface area contributed by atoms with Gasteiger partial charge in [-0.2, -0.15) is 5.26 Å². The van der Waals surface area contributed by atoms with Crippen molar-refractivity contribution in [3.05, 3.63) is 53.4 Å². The van der Waals surface area contributed by atoms with E-state index < -0.39 is 0 Å². The summed E-state index contributed by atoms with van der Waals surface area (Å²) in [5, 5.41) is 13.2. The molecular formula is C13H8ClN5O. The fraction of sp³-hybridized carbons (Fsp3) is 0.0769. The molecule has 0 N–H and O–H groups in total. The lowest BCUT2D eigenvalue weighted by Gasteiger charge is -1.96. The molecule has 0 atom stereocenters. The Morgan fingerprint density at radius 3 is 3.05 bits per heavy atom. The Labute approximate surface area is 119 Å². The number of aromatic nitrogens is 4. The van der Waals surface area contributed by atoms with Gasteiger partial charge in [-0.3, -0.25) is 0 Å². The minimum atomic E-state index is 0.128. The van der Waals surface area contributed by atoms with Gasteiger partial charge in [0, 0.05) is 10.6 Å². The predicted molar refractivity (Wildman–Crippen MR) is 70.8 cm³/mol. The third-order valence-corrected chi connectivity index (χ3v) is 2.82. The van der Waals surface area contributed by atoms with Gasteiger partial charge in [0.1, 0.15) is 24.4 Å². The van der Waals surface area contributed by atoms with Crippen LogP contribution in [0.2, 0.25) is 5.02 Å². The topological polar surface area (TPSA) is 80.5 Å². The van der Waals surface area contributed by atoms with Crippen LogP contribution in [0.1, 0.15) is 11.5 Å². The fourth-order valence-electron chi connectivity index (χ4n) is 1.72. The second-order valence-electron chi connectivity index (χ2n) is 4.03. The van der Waals surface area contributed by atoms with Crippen molar-refractivity contribution in [2.75, 3.05) is 0 Å². The normalized spacial score (nSPS) is 10.4. The van der Waals surface area contributed by atoms with Gasteiger partial charge in [0.05, 0.1) is 6.54 Å². The van der Waals surface area contributed by atoms with Gasteiger partial charge in [0.25, 0.3) is 5.82 Å². The highest BCUT2D eigenvalue weighted by Crippen LogP contribution is 2.22. The average molecular weight is 286 g/mol. The first-order valence-electron chi connectivity index (χ1n) is 5.74. The molecular weight excluding hydrogens is 278 g/mol. The molecule has 3 rings (SSSR count). The summed E-state index contributed by atoms with van der Waals surface area (Å²) in [5.41, 5.74) is 1.49. The molecule has 0 aliphatic rings. The summed E-state index contributed by atoms with van der Waals surface area (Å²) < 4.78 is 6.94. The molecule has 20 heavy (non-hydrogen) atoms. The van der Waals surface area contributed by atoms with Gasteiger partial charge < -0.3 is 4.42 Å². The number of benzene rings is 1. The van der Waals surface area contributed by atoms with E-state index in [2.05, 4.69) is 15.1 Å². The van der Waals surface area contributed by atoms with Crippen LogP contribution >= 0.6 is 11.6 Å². The zero-order valence-corrected chi connectivity index (χ0v) is 10.9. The van der Waals surface area contributed by atoms with Crippen LogP contribution in [0, 0.1) is 11.3 Å². The molecule has 0 aliphatic carbocycles. The van der Waals surface area contributed by atoms with Gasteiger partial charge in [0.15, 0.2) is 0 Å². The van der Waals surface area contributed by atoms with Crippen molar-refractivity contribution in [2.24, 2.45) is 0 Å².